The molecule has 0 unspecified atom stereocenters. The molecule has 30 aromatic rings. The molecular weight excluding hydrogens is 1830 g/mol. The van der Waals surface area contributed by atoms with Crippen molar-refractivity contribution in [3.8, 4) is 84.2 Å². The highest BCUT2D eigenvalue weighted by Gasteiger charge is 2.36. The maximum Gasteiger partial charge on any atom is 0.235 e. The summed E-state index contributed by atoms with van der Waals surface area (Å²) in [5.74, 6) is 1.97. The maximum atomic E-state index is 5.60. The van der Waals surface area contributed by atoms with Gasteiger partial charge in [-0.25, -0.2) is 29.9 Å². The second kappa shape index (κ2) is 33.6. The van der Waals surface area contributed by atoms with Crippen LogP contribution in [-0.2, 0) is 0 Å². The summed E-state index contributed by atoms with van der Waals surface area (Å²) in [6.45, 7) is 0. The van der Waals surface area contributed by atoms with Crippen molar-refractivity contribution in [2.45, 2.75) is 0 Å². The first kappa shape index (κ1) is 84.2. The van der Waals surface area contributed by atoms with Crippen molar-refractivity contribution in [3.63, 3.8) is 0 Å². The third-order valence-corrected chi connectivity index (χ3v) is 30.9. The molecule has 12 nitrogen and oxygen atoms in total. The van der Waals surface area contributed by atoms with Crippen molar-refractivity contribution in [2.75, 3.05) is 14.7 Å². The van der Waals surface area contributed by atoms with E-state index in [0.717, 1.165) is 129 Å². The lowest BCUT2D eigenvalue weighted by atomic mass is 9.89. The minimum atomic E-state index is 0.655. The molecule has 33 rings (SSSR count). The van der Waals surface area contributed by atoms with Crippen LogP contribution < -0.4 is 14.7 Å². The van der Waals surface area contributed by atoms with E-state index in [0.29, 0.717) is 17.8 Å². The van der Waals surface area contributed by atoms with Crippen LogP contribution in [0.15, 0.2) is 510 Å². The van der Waals surface area contributed by atoms with Gasteiger partial charge in [0.2, 0.25) is 17.8 Å². The lowest BCUT2D eigenvalue weighted by molar-refractivity contribution is 1.12. The minimum absolute atomic E-state index is 0.655. The third-order valence-electron chi connectivity index (χ3n) is 30.9. The van der Waals surface area contributed by atoms with Crippen molar-refractivity contribution in [2.24, 2.45) is 0 Å². The number of benzene rings is 24. The number of hydrogen-bond donors (Lipinski definition) is 0. The molecule has 0 spiro atoms. The standard InChI is InChI=1S/3C46H28N4/c1-2-16-31(17-3-1)49-39-24-9-7-20-36(39)43-37(22-12-26-41(43)49)44-35-19-6-8-23-38(35)47-46(48-44)50-40-25-11-15-30-14-10-21-33(42(30)40)34-28-27-29-13-4-5-18-32(29)45(34)50;1-2-15-32(16-3-1)49-40-22-9-7-18-34(40)35-26-25-31(28-42(35)49)44-38-19-6-8-21-39(38)47-46(48-44)50-41-23-11-14-30-13-10-20-36(43(30)41)37-27-24-29-12-4-5-17-33(29)45(37)50;1-2-15-32(16-3-1)49-40-22-9-7-18-34(40)38-28-31(25-27-41(38)49)44-37-19-6-8-21-39(37)47-46(48-44)50-42-23-11-14-30-13-10-20-35(43(30)42)36-26-24-29-12-4-5-17-33(29)45(36)50/h3*1-28H. The molecule has 24 aromatic carbocycles. The summed E-state index contributed by atoms with van der Waals surface area (Å²) in [5.41, 5.74) is 32.9. The molecule has 3 aliphatic rings. The van der Waals surface area contributed by atoms with E-state index in [1.807, 2.05) is 0 Å². The van der Waals surface area contributed by atoms with Crippen LogP contribution in [0.4, 0.5) is 52.0 Å². The van der Waals surface area contributed by atoms with Gasteiger partial charge in [0, 0.05) is 131 Å². The van der Waals surface area contributed by atoms with Crippen LogP contribution in [0.1, 0.15) is 0 Å². The van der Waals surface area contributed by atoms with Gasteiger partial charge in [-0.05, 0) is 164 Å². The molecule has 150 heavy (non-hydrogen) atoms. The molecule has 0 atom stereocenters. The first-order chi connectivity index (χ1) is 74.5. The highest BCUT2D eigenvalue weighted by Crippen LogP contribution is 2.59. The largest absolute Gasteiger partial charge is 0.309 e. The average molecular weight is 1910 g/mol. The Bertz CT molecular complexity index is 10900. The molecule has 0 radical (unpaired) electrons. The van der Waals surface area contributed by atoms with E-state index in [2.05, 4.69) is 538 Å². The molecule has 0 fully saturated rings. The molecule has 0 saturated carbocycles. The van der Waals surface area contributed by atoms with E-state index in [9.17, 15) is 0 Å². The fraction of sp³-hybridized carbons (Fsp3) is 0. The van der Waals surface area contributed by atoms with Gasteiger partial charge < -0.3 is 13.7 Å². The molecule has 0 amide bonds. The van der Waals surface area contributed by atoms with Crippen molar-refractivity contribution < 1.29 is 0 Å². The van der Waals surface area contributed by atoms with E-state index in [1.54, 1.807) is 0 Å². The Labute approximate surface area is 860 Å². The minimum Gasteiger partial charge on any atom is -0.309 e. The summed E-state index contributed by atoms with van der Waals surface area (Å²) in [7, 11) is 0. The van der Waals surface area contributed by atoms with Crippen LogP contribution in [-0.4, -0.2) is 43.6 Å². The summed E-state index contributed by atoms with van der Waals surface area (Å²) >= 11 is 0. The van der Waals surface area contributed by atoms with Crippen molar-refractivity contribution >= 4 is 215 Å². The van der Waals surface area contributed by atoms with Gasteiger partial charge >= 0.3 is 0 Å². The van der Waals surface area contributed by atoms with Gasteiger partial charge in [0.15, 0.2) is 0 Å². The van der Waals surface area contributed by atoms with Gasteiger partial charge in [-0.3, -0.25) is 14.7 Å². The monoisotopic (exact) mass is 1910 g/mol. The van der Waals surface area contributed by atoms with E-state index in [1.165, 1.54) is 152 Å². The fourth-order valence-corrected chi connectivity index (χ4v) is 24.5. The Hall–Kier alpha value is -20.3. The van der Waals surface area contributed by atoms with Crippen LogP contribution in [0.2, 0.25) is 0 Å². The maximum absolute atomic E-state index is 5.60. The van der Waals surface area contributed by atoms with Crippen molar-refractivity contribution in [3.05, 3.63) is 510 Å². The number of aromatic nitrogens is 9. The molecule has 0 saturated heterocycles. The SMILES string of the molecule is c1ccc(-n2c3ccccc3c3c(-c4nc(N5c6c(ccc7ccccc67)-c6cccc7cccc5c67)nc5ccccc45)cccc32)cc1.c1ccc(-n2c3ccccc3c3cc(-c4nc(N5c6c(ccc7ccccc67)-c6cccc7cccc5c67)nc5ccccc45)ccc32)cc1.c1ccc(-n2c3ccccc3c3ccc(-c4nc(N5c6c(ccc7ccccc67)-c6cccc7cccc5c67)nc5ccccc45)cc32)cc1. The Balaban J connectivity index is 0.000000101. The molecule has 696 valence electrons. The zero-order chi connectivity index (χ0) is 98.3. The summed E-state index contributed by atoms with van der Waals surface area (Å²) in [4.78, 5) is 39.5. The van der Waals surface area contributed by atoms with Gasteiger partial charge in [-0.2, -0.15) is 0 Å². The molecule has 0 aliphatic carbocycles. The normalized spacial score (nSPS) is 12.4. The predicted molar refractivity (Wildman–Crippen MR) is 624 cm³/mol. The lowest BCUT2D eigenvalue weighted by Gasteiger charge is -2.33. The predicted octanol–water partition coefficient (Wildman–Crippen LogP) is 36.5. The summed E-state index contributed by atoms with van der Waals surface area (Å²) in [5, 5.41) is 24.6. The van der Waals surface area contributed by atoms with Crippen LogP contribution in [0.25, 0.3) is 247 Å². The molecule has 0 bridgehead atoms. The quantitative estimate of drug-likeness (QED) is 0.140. The van der Waals surface area contributed by atoms with Gasteiger partial charge in [0.05, 0.1) is 101 Å². The highest BCUT2D eigenvalue weighted by atomic mass is 15.3. The lowest BCUT2D eigenvalue weighted by Crippen LogP contribution is -2.18. The third kappa shape index (κ3) is 13.0. The summed E-state index contributed by atoms with van der Waals surface area (Å²) in [6.07, 6.45) is 0. The van der Waals surface area contributed by atoms with Crippen LogP contribution in [0.3, 0.4) is 0 Å². The Kier molecular flexibility index (Phi) is 18.9. The topological polar surface area (TPSA) is 102 Å². The van der Waals surface area contributed by atoms with E-state index in [4.69, 9.17) is 29.9 Å². The summed E-state index contributed by atoms with van der Waals surface area (Å²) in [6, 6.07) is 182. The molecule has 3 aliphatic heterocycles. The number of fused-ring (bicyclic) bond motifs is 24. The molecule has 9 heterocycles. The fourth-order valence-electron chi connectivity index (χ4n) is 24.5. The van der Waals surface area contributed by atoms with Crippen molar-refractivity contribution in [1.82, 2.24) is 43.6 Å². The van der Waals surface area contributed by atoms with E-state index >= 15 is 0 Å². The number of anilines is 9. The molecule has 6 aromatic heterocycles. The number of hydrogen-bond acceptors (Lipinski definition) is 9. The zero-order valence-electron chi connectivity index (χ0n) is 80.9. The summed E-state index contributed by atoms with van der Waals surface area (Å²) < 4.78 is 7.08. The van der Waals surface area contributed by atoms with Gasteiger partial charge in [-0.1, -0.05) is 394 Å². The molecule has 0 N–H and O–H groups in total. The number of para-hydroxylation sites is 9. The second-order valence-corrected chi connectivity index (χ2v) is 39.0. The average Bonchev–Trinajstić information content (AvgIpc) is 0.970. The van der Waals surface area contributed by atoms with E-state index in [-0.39, 0.29) is 0 Å². The van der Waals surface area contributed by atoms with Gasteiger partial charge in [0.25, 0.3) is 0 Å². The Morgan fingerprint density at radius 1 is 0.147 bits per heavy atom. The molecule has 12 heteroatoms. The van der Waals surface area contributed by atoms with Crippen molar-refractivity contribution in [1.29, 1.82) is 0 Å². The van der Waals surface area contributed by atoms with Crippen LogP contribution in [0, 0.1) is 0 Å². The Morgan fingerprint density at radius 2 is 0.440 bits per heavy atom. The highest BCUT2D eigenvalue weighted by molar-refractivity contribution is 6.25. The van der Waals surface area contributed by atoms with Crippen LogP contribution >= 0.6 is 0 Å². The van der Waals surface area contributed by atoms with E-state index < -0.39 is 0 Å². The first-order valence-electron chi connectivity index (χ1n) is 51.1. The van der Waals surface area contributed by atoms with Gasteiger partial charge in [0.1, 0.15) is 0 Å². The molecular formula is C138H84N12. The second-order valence-electron chi connectivity index (χ2n) is 39.0. The first-order valence-corrected chi connectivity index (χ1v) is 51.1. The zero-order valence-corrected chi connectivity index (χ0v) is 80.9. The number of nitrogens with zero attached hydrogens (tertiary/aromatic N) is 12. The smallest absolute Gasteiger partial charge is 0.235 e. The van der Waals surface area contributed by atoms with Gasteiger partial charge in [-0.15, -0.1) is 0 Å². The number of rotatable bonds is 9. The Morgan fingerprint density at radius 3 is 0.880 bits per heavy atom. The van der Waals surface area contributed by atoms with Crippen LogP contribution in [0.5, 0.6) is 0 Å².